The van der Waals surface area contributed by atoms with E-state index in [0.29, 0.717) is 10.2 Å². The van der Waals surface area contributed by atoms with Gasteiger partial charge in [0.15, 0.2) is 0 Å². The molecule has 6 heteroatoms. The molecule has 0 N–H and O–H groups in total. The SMILES string of the molecule is CC[C@@H](C)OC(=O)Cn1cnc2scc(-c3ccc4c(c3)CCCC4)c2c1=O. The zero-order chi connectivity index (χ0) is 19.7. The monoisotopic (exact) mass is 396 g/mol. The predicted molar refractivity (Wildman–Crippen MR) is 112 cm³/mol. The van der Waals surface area contributed by atoms with Crippen LogP contribution in [-0.4, -0.2) is 21.6 Å². The highest BCUT2D eigenvalue weighted by atomic mass is 32.1. The summed E-state index contributed by atoms with van der Waals surface area (Å²) in [5.41, 5.74) is 4.55. The average molecular weight is 397 g/mol. The molecule has 0 saturated heterocycles. The van der Waals surface area contributed by atoms with E-state index in [1.54, 1.807) is 0 Å². The van der Waals surface area contributed by atoms with Gasteiger partial charge in [0.25, 0.3) is 5.56 Å². The molecule has 1 aromatic carbocycles. The van der Waals surface area contributed by atoms with Crippen LogP contribution in [0.1, 0.15) is 44.2 Å². The van der Waals surface area contributed by atoms with Crippen LogP contribution < -0.4 is 5.56 Å². The lowest BCUT2D eigenvalue weighted by Gasteiger charge is -2.16. The van der Waals surface area contributed by atoms with Crippen LogP contribution in [0.2, 0.25) is 0 Å². The van der Waals surface area contributed by atoms with Crippen LogP contribution in [0.25, 0.3) is 21.3 Å². The van der Waals surface area contributed by atoms with Crippen LogP contribution in [-0.2, 0) is 28.9 Å². The molecule has 0 unspecified atom stereocenters. The third-order valence-corrected chi connectivity index (χ3v) is 6.31. The van der Waals surface area contributed by atoms with E-state index in [1.807, 2.05) is 19.2 Å². The van der Waals surface area contributed by atoms with Crippen molar-refractivity contribution in [1.82, 2.24) is 9.55 Å². The Bertz CT molecular complexity index is 1080. The third-order valence-electron chi connectivity index (χ3n) is 5.43. The number of fused-ring (bicyclic) bond motifs is 2. The first kappa shape index (κ1) is 18.9. The number of hydrogen-bond acceptors (Lipinski definition) is 5. The van der Waals surface area contributed by atoms with Crippen LogP contribution >= 0.6 is 11.3 Å². The van der Waals surface area contributed by atoms with Crippen molar-refractivity contribution in [3.8, 4) is 11.1 Å². The lowest BCUT2D eigenvalue weighted by molar-refractivity contribution is -0.149. The Morgan fingerprint density at radius 2 is 2.07 bits per heavy atom. The number of nitrogens with zero attached hydrogens (tertiary/aromatic N) is 2. The molecule has 0 saturated carbocycles. The van der Waals surface area contributed by atoms with Crippen molar-refractivity contribution in [2.24, 2.45) is 0 Å². The van der Waals surface area contributed by atoms with Gasteiger partial charge in [0, 0.05) is 10.9 Å². The number of ether oxygens (including phenoxy) is 1. The molecule has 146 valence electrons. The molecule has 0 bridgehead atoms. The molecule has 2 aromatic heterocycles. The smallest absolute Gasteiger partial charge is 0.326 e. The molecule has 0 radical (unpaired) electrons. The molecule has 1 aliphatic carbocycles. The van der Waals surface area contributed by atoms with Gasteiger partial charge in [0.05, 0.1) is 17.8 Å². The number of carbonyl (C=O) groups is 1. The molecule has 5 nitrogen and oxygen atoms in total. The number of rotatable bonds is 5. The van der Waals surface area contributed by atoms with Crippen LogP contribution in [0.5, 0.6) is 0 Å². The van der Waals surface area contributed by atoms with Crippen molar-refractivity contribution in [2.45, 2.75) is 58.6 Å². The van der Waals surface area contributed by atoms with Gasteiger partial charge < -0.3 is 4.74 Å². The standard InChI is InChI=1S/C22H24N2O3S/c1-3-14(2)27-19(25)11-24-13-23-21-20(22(24)26)18(12-28-21)17-9-8-15-6-4-5-7-16(15)10-17/h8-10,12-14H,3-7,11H2,1-2H3/t14-/m1/s1. The van der Waals surface area contributed by atoms with Gasteiger partial charge in [-0.2, -0.15) is 0 Å². The van der Waals surface area contributed by atoms with Crippen LogP contribution in [0, 0.1) is 0 Å². The maximum Gasteiger partial charge on any atom is 0.326 e. The minimum Gasteiger partial charge on any atom is -0.461 e. The van der Waals surface area contributed by atoms with Gasteiger partial charge in [-0.3, -0.25) is 14.2 Å². The van der Waals surface area contributed by atoms with Gasteiger partial charge in [-0.25, -0.2) is 4.98 Å². The highest BCUT2D eigenvalue weighted by Crippen LogP contribution is 2.33. The maximum absolute atomic E-state index is 13.1. The molecule has 3 aromatic rings. The number of thiophene rings is 1. The number of hydrogen-bond donors (Lipinski definition) is 0. The Balaban J connectivity index is 1.71. The second-order valence-corrected chi connectivity index (χ2v) is 8.26. The number of benzene rings is 1. The van der Waals surface area contributed by atoms with Crippen molar-refractivity contribution in [1.29, 1.82) is 0 Å². The van der Waals surface area contributed by atoms with Gasteiger partial charge >= 0.3 is 5.97 Å². The van der Waals surface area contributed by atoms with Gasteiger partial charge in [0.2, 0.25) is 0 Å². The zero-order valence-electron chi connectivity index (χ0n) is 16.2. The lowest BCUT2D eigenvalue weighted by Crippen LogP contribution is -2.27. The van der Waals surface area contributed by atoms with E-state index in [0.717, 1.165) is 30.4 Å². The minimum absolute atomic E-state index is 0.119. The lowest BCUT2D eigenvalue weighted by atomic mass is 9.89. The quantitative estimate of drug-likeness (QED) is 0.602. The number of carbonyl (C=O) groups excluding carboxylic acids is 1. The molecular weight excluding hydrogens is 372 g/mol. The largest absolute Gasteiger partial charge is 0.461 e. The fourth-order valence-electron chi connectivity index (χ4n) is 3.68. The van der Waals surface area contributed by atoms with E-state index in [-0.39, 0.29) is 18.2 Å². The Morgan fingerprint density at radius 3 is 2.86 bits per heavy atom. The van der Waals surface area contributed by atoms with E-state index in [1.165, 1.54) is 46.2 Å². The molecule has 0 fully saturated rings. The molecule has 1 atom stereocenters. The summed E-state index contributed by atoms with van der Waals surface area (Å²) in [6, 6.07) is 6.50. The summed E-state index contributed by atoms with van der Waals surface area (Å²) in [6.07, 6.45) is 6.71. The second-order valence-electron chi connectivity index (χ2n) is 7.41. The third kappa shape index (κ3) is 3.61. The summed E-state index contributed by atoms with van der Waals surface area (Å²) in [6.45, 7) is 3.68. The summed E-state index contributed by atoms with van der Waals surface area (Å²) in [4.78, 5) is 30.3. The van der Waals surface area contributed by atoms with Gasteiger partial charge in [-0.05, 0) is 55.7 Å². The second kappa shape index (κ2) is 7.87. The fraction of sp³-hybridized carbons (Fsp3) is 0.409. The highest BCUT2D eigenvalue weighted by molar-refractivity contribution is 7.17. The average Bonchev–Trinajstić information content (AvgIpc) is 3.14. The Kier molecular flexibility index (Phi) is 5.31. The molecule has 1 aliphatic rings. The highest BCUT2D eigenvalue weighted by Gasteiger charge is 2.17. The molecular formula is C22H24N2O3S. The van der Waals surface area contributed by atoms with Crippen molar-refractivity contribution >= 4 is 27.5 Å². The Hall–Kier alpha value is -2.47. The van der Waals surface area contributed by atoms with Gasteiger partial charge in [-0.1, -0.05) is 25.1 Å². The van der Waals surface area contributed by atoms with E-state index in [9.17, 15) is 9.59 Å². The molecule has 0 spiro atoms. The summed E-state index contributed by atoms with van der Waals surface area (Å²) < 4.78 is 6.65. The molecule has 28 heavy (non-hydrogen) atoms. The van der Waals surface area contributed by atoms with Crippen LogP contribution in [0.4, 0.5) is 0 Å². The fourth-order valence-corrected chi connectivity index (χ4v) is 4.58. The zero-order valence-corrected chi connectivity index (χ0v) is 17.1. The van der Waals surface area contributed by atoms with Crippen molar-refractivity contribution in [3.63, 3.8) is 0 Å². The first-order valence-corrected chi connectivity index (χ1v) is 10.7. The number of aromatic nitrogens is 2. The maximum atomic E-state index is 13.1. The predicted octanol–water partition coefficient (Wildman–Crippen LogP) is 4.35. The van der Waals surface area contributed by atoms with Crippen molar-refractivity contribution in [3.05, 3.63) is 51.4 Å². The molecule has 0 amide bonds. The van der Waals surface area contributed by atoms with E-state index >= 15 is 0 Å². The molecule has 0 aliphatic heterocycles. The first-order valence-electron chi connectivity index (χ1n) is 9.85. The van der Waals surface area contributed by atoms with E-state index < -0.39 is 5.97 Å². The minimum atomic E-state index is -0.414. The molecule has 4 rings (SSSR count). The summed E-state index contributed by atoms with van der Waals surface area (Å²) in [5, 5.41) is 2.57. The molecule has 2 heterocycles. The first-order chi connectivity index (χ1) is 13.6. The van der Waals surface area contributed by atoms with E-state index in [4.69, 9.17) is 4.74 Å². The van der Waals surface area contributed by atoms with Gasteiger partial charge in [0.1, 0.15) is 11.4 Å². The normalized spacial score (nSPS) is 14.6. The van der Waals surface area contributed by atoms with E-state index in [2.05, 4.69) is 23.2 Å². The Morgan fingerprint density at radius 1 is 1.29 bits per heavy atom. The summed E-state index contributed by atoms with van der Waals surface area (Å²) in [5.74, 6) is -0.414. The summed E-state index contributed by atoms with van der Waals surface area (Å²) in [7, 11) is 0. The summed E-state index contributed by atoms with van der Waals surface area (Å²) >= 11 is 1.46. The topological polar surface area (TPSA) is 61.2 Å². The van der Waals surface area contributed by atoms with Gasteiger partial charge in [-0.15, -0.1) is 11.3 Å². The Labute approximate surface area is 168 Å². The van der Waals surface area contributed by atoms with Crippen LogP contribution in [0.3, 0.4) is 0 Å². The van der Waals surface area contributed by atoms with Crippen LogP contribution in [0.15, 0.2) is 34.7 Å². The van der Waals surface area contributed by atoms with Crippen molar-refractivity contribution < 1.29 is 9.53 Å². The number of esters is 1. The number of aryl methyl sites for hydroxylation is 2. The van der Waals surface area contributed by atoms with Crippen molar-refractivity contribution in [2.75, 3.05) is 0 Å².